The standard InChI is InChI=1S/C17H26O2/c1-3-16(12-5-8-14(18)9-6-12)17(4-2)13-7-10-15(19)11-13/h5,8,12-13,16-17H,3-4,6-7,9-11H2,1-2H3/t12-,13+,16-,17-/m1/s1. The van der Waals surface area contributed by atoms with E-state index in [9.17, 15) is 9.59 Å². The second-order valence-corrected chi connectivity index (χ2v) is 6.21. The molecule has 4 atom stereocenters. The second kappa shape index (κ2) is 6.49. The van der Waals surface area contributed by atoms with Crippen LogP contribution in [-0.4, -0.2) is 11.6 Å². The van der Waals surface area contributed by atoms with Gasteiger partial charge in [0.25, 0.3) is 0 Å². The normalized spacial score (nSPS) is 30.6. The number of Topliss-reactive ketones (excluding diaryl/α,β-unsaturated/α-hetero) is 1. The Kier molecular flexibility index (Phi) is 4.95. The van der Waals surface area contributed by atoms with E-state index in [0.717, 1.165) is 38.5 Å². The molecule has 0 unspecified atom stereocenters. The first kappa shape index (κ1) is 14.5. The van der Waals surface area contributed by atoms with Crippen LogP contribution in [0, 0.1) is 23.7 Å². The van der Waals surface area contributed by atoms with Crippen LogP contribution in [0.25, 0.3) is 0 Å². The average molecular weight is 262 g/mol. The minimum Gasteiger partial charge on any atom is -0.300 e. The molecule has 0 saturated heterocycles. The number of carbonyl (C=O) groups excluding carboxylic acids is 2. The summed E-state index contributed by atoms with van der Waals surface area (Å²) in [5, 5.41) is 0. The van der Waals surface area contributed by atoms with Gasteiger partial charge in [0.1, 0.15) is 5.78 Å². The summed E-state index contributed by atoms with van der Waals surface area (Å²) in [6.07, 6.45) is 10.6. The lowest BCUT2D eigenvalue weighted by Crippen LogP contribution is -2.28. The Hall–Kier alpha value is -0.920. The van der Waals surface area contributed by atoms with Crippen LogP contribution in [0.2, 0.25) is 0 Å². The number of hydrogen-bond donors (Lipinski definition) is 0. The summed E-state index contributed by atoms with van der Waals surface area (Å²) < 4.78 is 0. The third kappa shape index (κ3) is 3.34. The molecule has 0 spiro atoms. The van der Waals surface area contributed by atoms with Crippen molar-refractivity contribution in [3.05, 3.63) is 12.2 Å². The summed E-state index contributed by atoms with van der Waals surface area (Å²) >= 11 is 0. The maximum atomic E-state index is 11.5. The van der Waals surface area contributed by atoms with E-state index >= 15 is 0 Å². The predicted octanol–water partition coefficient (Wildman–Crippen LogP) is 3.94. The molecule has 1 fully saturated rings. The van der Waals surface area contributed by atoms with Gasteiger partial charge in [-0.1, -0.05) is 32.8 Å². The van der Waals surface area contributed by atoms with E-state index < -0.39 is 0 Å². The molecule has 0 aromatic carbocycles. The van der Waals surface area contributed by atoms with Crippen molar-refractivity contribution in [2.75, 3.05) is 0 Å². The molecule has 0 N–H and O–H groups in total. The van der Waals surface area contributed by atoms with Crippen LogP contribution >= 0.6 is 0 Å². The van der Waals surface area contributed by atoms with Crippen molar-refractivity contribution in [2.45, 2.75) is 58.8 Å². The lowest BCUT2D eigenvalue weighted by molar-refractivity contribution is -0.117. The summed E-state index contributed by atoms with van der Waals surface area (Å²) in [6, 6.07) is 0. The van der Waals surface area contributed by atoms with Crippen molar-refractivity contribution >= 4 is 11.6 Å². The Balaban J connectivity index is 2.07. The molecule has 0 aromatic rings. The van der Waals surface area contributed by atoms with Gasteiger partial charge in [0.2, 0.25) is 0 Å². The maximum Gasteiger partial charge on any atom is 0.155 e. The van der Waals surface area contributed by atoms with Gasteiger partial charge in [-0.15, -0.1) is 0 Å². The third-order valence-corrected chi connectivity index (χ3v) is 5.19. The minimum atomic E-state index is 0.273. The van der Waals surface area contributed by atoms with E-state index in [1.54, 1.807) is 6.08 Å². The van der Waals surface area contributed by atoms with Crippen molar-refractivity contribution < 1.29 is 9.59 Å². The first-order chi connectivity index (χ1) is 9.15. The fourth-order valence-corrected chi connectivity index (χ4v) is 4.19. The molecular weight excluding hydrogens is 236 g/mol. The topological polar surface area (TPSA) is 34.1 Å². The zero-order valence-electron chi connectivity index (χ0n) is 12.2. The molecule has 0 radical (unpaired) electrons. The molecule has 0 heterocycles. The van der Waals surface area contributed by atoms with Crippen LogP contribution in [-0.2, 0) is 9.59 Å². The summed E-state index contributed by atoms with van der Waals surface area (Å²) in [5.74, 6) is 3.16. The Bertz CT molecular complexity index is 369. The van der Waals surface area contributed by atoms with Gasteiger partial charge in [0.15, 0.2) is 5.78 Å². The molecule has 2 rings (SSSR count). The third-order valence-electron chi connectivity index (χ3n) is 5.19. The monoisotopic (exact) mass is 262 g/mol. The lowest BCUT2D eigenvalue weighted by Gasteiger charge is -2.35. The van der Waals surface area contributed by atoms with Gasteiger partial charge >= 0.3 is 0 Å². The van der Waals surface area contributed by atoms with Gasteiger partial charge in [-0.3, -0.25) is 9.59 Å². The second-order valence-electron chi connectivity index (χ2n) is 6.21. The number of ketones is 2. The minimum absolute atomic E-state index is 0.273. The lowest BCUT2D eigenvalue weighted by atomic mass is 9.69. The fourth-order valence-electron chi connectivity index (χ4n) is 4.19. The van der Waals surface area contributed by atoms with E-state index in [4.69, 9.17) is 0 Å². The predicted molar refractivity (Wildman–Crippen MR) is 76.8 cm³/mol. The van der Waals surface area contributed by atoms with Gasteiger partial charge in [0, 0.05) is 19.3 Å². The van der Waals surface area contributed by atoms with E-state index in [2.05, 4.69) is 19.9 Å². The fraction of sp³-hybridized carbons (Fsp3) is 0.765. The van der Waals surface area contributed by atoms with Crippen LogP contribution < -0.4 is 0 Å². The quantitative estimate of drug-likeness (QED) is 0.752. The van der Waals surface area contributed by atoms with Crippen LogP contribution in [0.4, 0.5) is 0 Å². The molecule has 0 aliphatic heterocycles. The Labute approximate surface area is 116 Å². The molecule has 2 aliphatic rings. The van der Waals surface area contributed by atoms with Gasteiger partial charge in [-0.05, 0) is 42.6 Å². The molecule has 19 heavy (non-hydrogen) atoms. The summed E-state index contributed by atoms with van der Waals surface area (Å²) in [4.78, 5) is 22.9. The Morgan fingerprint density at radius 3 is 2.32 bits per heavy atom. The Morgan fingerprint density at radius 2 is 1.84 bits per heavy atom. The van der Waals surface area contributed by atoms with Crippen molar-refractivity contribution in [3.63, 3.8) is 0 Å². The highest BCUT2D eigenvalue weighted by atomic mass is 16.1. The average Bonchev–Trinajstić information content (AvgIpc) is 2.83. The first-order valence-corrected chi connectivity index (χ1v) is 7.88. The molecule has 2 nitrogen and oxygen atoms in total. The van der Waals surface area contributed by atoms with Crippen molar-refractivity contribution in [1.29, 1.82) is 0 Å². The number of rotatable bonds is 5. The van der Waals surface area contributed by atoms with Gasteiger partial charge in [-0.25, -0.2) is 0 Å². The van der Waals surface area contributed by atoms with E-state index in [-0.39, 0.29) is 5.78 Å². The maximum absolute atomic E-state index is 11.5. The molecule has 106 valence electrons. The molecular formula is C17H26O2. The van der Waals surface area contributed by atoms with Crippen LogP contribution in [0.15, 0.2) is 12.2 Å². The van der Waals surface area contributed by atoms with E-state index in [1.165, 1.54) is 0 Å². The molecule has 1 saturated carbocycles. The number of allylic oxidation sites excluding steroid dienone is 2. The molecule has 0 amide bonds. The van der Waals surface area contributed by atoms with Gasteiger partial charge in [-0.2, -0.15) is 0 Å². The van der Waals surface area contributed by atoms with Gasteiger partial charge < -0.3 is 0 Å². The summed E-state index contributed by atoms with van der Waals surface area (Å²) in [5.41, 5.74) is 0. The smallest absolute Gasteiger partial charge is 0.155 e. The van der Waals surface area contributed by atoms with Crippen LogP contribution in [0.3, 0.4) is 0 Å². The van der Waals surface area contributed by atoms with Crippen LogP contribution in [0.5, 0.6) is 0 Å². The van der Waals surface area contributed by atoms with Crippen molar-refractivity contribution in [2.24, 2.45) is 23.7 Å². The zero-order chi connectivity index (χ0) is 13.8. The van der Waals surface area contributed by atoms with Crippen LogP contribution in [0.1, 0.15) is 58.8 Å². The number of hydrogen-bond acceptors (Lipinski definition) is 2. The largest absolute Gasteiger partial charge is 0.300 e. The highest BCUT2D eigenvalue weighted by molar-refractivity contribution is 5.90. The molecule has 0 aromatic heterocycles. The number of carbonyl (C=O) groups is 2. The first-order valence-electron chi connectivity index (χ1n) is 7.88. The molecule has 0 bridgehead atoms. The van der Waals surface area contributed by atoms with Gasteiger partial charge in [0.05, 0.1) is 0 Å². The highest BCUT2D eigenvalue weighted by Crippen LogP contribution is 2.42. The molecule has 2 aliphatic carbocycles. The summed E-state index contributed by atoms with van der Waals surface area (Å²) in [6.45, 7) is 4.52. The summed E-state index contributed by atoms with van der Waals surface area (Å²) in [7, 11) is 0. The zero-order valence-corrected chi connectivity index (χ0v) is 12.2. The van der Waals surface area contributed by atoms with E-state index in [1.807, 2.05) is 0 Å². The van der Waals surface area contributed by atoms with Crippen molar-refractivity contribution in [1.82, 2.24) is 0 Å². The highest BCUT2D eigenvalue weighted by Gasteiger charge is 2.36. The van der Waals surface area contributed by atoms with E-state index in [0.29, 0.717) is 35.9 Å². The van der Waals surface area contributed by atoms with Crippen molar-refractivity contribution in [3.8, 4) is 0 Å². The molecule has 2 heteroatoms. The Morgan fingerprint density at radius 1 is 1.11 bits per heavy atom. The SMILES string of the molecule is CC[C@H]([C@H]1CCC(=O)C1)[C@H](CC)[C@@H]1C=CC(=O)CC1.